The van der Waals surface area contributed by atoms with Crippen LogP contribution in [0, 0.1) is 5.92 Å². The highest BCUT2D eigenvalue weighted by Gasteiger charge is 2.23. The smallest absolute Gasteiger partial charge is 0.122 e. The monoisotopic (exact) mass is 275 g/mol. The summed E-state index contributed by atoms with van der Waals surface area (Å²) in [6, 6.07) is 3.96. The molecular formula is C15H21N3O2. The van der Waals surface area contributed by atoms with E-state index in [1.807, 2.05) is 25.3 Å². The molecule has 0 aliphatic carbocycles. The van der Waals surface area contributed by atoms with E-state index in [9.17, 15) is 0 Å². The van der Waals surface area contributed by atoms with Gasteiger partial charge in [0, 0.05) is 38.0 Å². The van der Waals surface area contributed by atoms with Gasteiger partial charge in [0.05, 0.1) is 26.0 Å². The quantitative estimate of drug-likeness (QED) is 0.838. The fourth-order valence-corrected chi connectivity index (χ4v) is 2.76. The van der Waals surface area contributed by atoms with E-state index in [0.717, 1.165) is 51.0 Å². The zero-order chi connectivity index (χ0) is 13.8. The Bertz CT molecular complexity index is 521. The minimum absolute atomic E-state index is 0.486. The van der Waals surface area contributed by atoms with Gasteiger partial charge in [0.1, 0.15) is 11.6 Å². The van der Waals surface area contributed by atoms with E-state index in [0.29, 0.717) is 5.92 Å². The molecule has 5 nitrogen and oxygen atoms in total. The molecule has 0 radical (unpaired) electrons. The zero-order valence-electron chi connectivity index (χ0n) is 11.9. The largest absolute Gasteiger partial charge is 0.468 e. The van der Waals surface area contributed by atoms with Crippen molar-refractivity contribution in [2.75, 3.05) is 19.8 Å². The number of nitrogens with zero attached hydrogens (tertiary/aromatic N) is 3. The molecule has 0 unspecified atom stereocenters. The predicted octanol–water partition coefficient (Wildman–Crippen LogP) is 2.14. The molecule has 108 valence electrons. The summed E-state index contributed by atoms with van der Waals surface area (Å²) in [5, 5.41) is 0. The minimum atomic E-state index is 0.486. The van der Waals surface area contributed by atoms with Crippen LogP contribution in [0.2, 0.25) is 0 Å². The fourth-order valence-electron chi connectivity index (χ4n) is 2.76. The molecule has 2 aromatic rings. The van der Waals surface area contributed by atoms with Gasteiger partial charge in [-0.1, -0.05) is 0 Å². The number of aromatic nitrogens is 2. The van der Waals surface area contributed by atoms with Crippen LogP contribution in [0.15, 0.2) is 35.2 Å². The maximum Gasteiger partial charge on any atom is 0.122 e. The molecule has 0 saturated heterocycles. The molecular weight excluding hydrogens is 254 g/mol. The van der Waals surface area contributed by atoms with Crippen molar-refractivity contribution in [1.29, 1.82) is 0 Å². The van der Waals surface area contributed by atoms with Gasteiger partial charge in [0.15, 0.2) is 0 Å². The van der Waals surface area contributed by atoms with Gasteiger partial charge in [0.2, 0.25) is 0 Å². The molecule has 0 aromatic carbocycles. The first kappa shape index (κ1) is 13.4. The van der Waals surface area contributed by atoms with Crippen molar-refractivity contribution in [2.45, 2.75) is 26.6 Å². The van der Waals surface area contributed by atoms with Crippen LogP contribution in [0.25, 0.3) is 0 Å². The normalized spacial score (nSPS) is 19.8. The van der Waals surface area contributed by atoms with Crippen molar-refractivity contribution in [3.63, 3.8) is 0 Å². The van der Waals surface area contributed by atoms with E-state index in [1.165, 1.54) is 0 Å². The summed E-state index contributed by atoms with van der Waals surface area (Å²) in [4.78, 5) is 6.84. The van der Waals surface area contributed by atoms with E-state index in [-0.39, 0.29) is 0 Å². The average molecular weight is 275 g/mol. The lowest BCUT2D eigenvalue weighted by Crippen LogP contribution is -2.30. The van der Waals surface area contributed by atoms with Gasteiger partial charge < -0.3 is 13.7 Å². The zero-order valence-corrected chi connectivity index (χ0v) is 11.9. The summed E-state index contributed by atoms with van der Waals surface area (Å²) in [5.41, 5.74) is 0. The van der Waals surface area contributed by atoms with Crippen molar-refractivity contribution in [3.05, 3.63) is 42.4 Å². The van der Waals surface area contributed by atoms with E-state index in [1.54, 1.807) is 6.26 Å². The van der Waals surface area contributed by atoms with Crippen LogP contribution in [-0.2, 0) is 24.4 Å². The molecule has 1 aliphatic rings. The summed E-state index contributed by atoms with van der Waals surface area (Å²) in [5.74, 6) is 2.61. The van der Waals surface area contributed by atoms with Gasteiger partial charge in [0.25, 0.3) is 0 Å². The van der Waals surface area contributed by atoms with Gasteiger partial charge in [-0.05, 0) is 19.1 Å². The Morgan fingerprint density at radius 2 is 2.40 bits per heavy atom. The molecule has 0 fully saturated rings. The van der Waals surface area contributed by atoms with Gasteiger partial charge >= 0.3 is 0 Å². The van der Waals surface area contributed by atoms with E-state index in [4.69, 9.17) is 9.15 Å². The summed E-state index contributed by atoms with van der Waals surface area (Å²) in [6.45, 7) is 7.26. The first-order valence-corrected chi connectivity index (χ1v) is 7.17. The van der Waals surface area contributed by atoms with Crippen LogP contribution in [0.5, 0.6) is 0 Å². The highest BCUT2D eigenvalue weighted by Crippen LogP contribution is 2.18. The van der Waals surface area contributed by atoms with E-state index in [2.05, 4.69) is 20.6 Å². The number of rotatable bonds is 5. The molecule has 0 saturated carbocycles. The molecule has 3 heterocycles. The van der Waals surface area contributed by atoms with Crippen LogP contribution < -0.4 is 0 Å². The van der Waals surface area contributed by atoms with Crippen molar-refractivity contribution in [3.8, 4) is 0 Å². The Balaban J connectivity index is 1.73. The first-order valence-electron chi connectivity index (χ1n) is 7.17. The van der Waals surface area contributed by atoms with E-state index >= 15 is 0 Å². The maximum absolute atomic E-state index is 5.62. The number of ether oxygens (including phenoxy) is 1. The predicted molar refractivity (Wildman–Crippen MR) is 75.0 cm³/mol. The number of furan rings is 1. The molecule has 0 N–H and O–H groups in total. The van der Waals surface area contributed by atoms with Crippen molar-refractivity contribution in [2.24, 2.45) is 5.92 Å². The maximum atomic E-state index is 5.62. The first-order chi connectivity index (χ1) is 9.85. The molecule has 1 aliphatic heterocycles. The highest BCUT2D eigenvalue weighted by atomic mass is 16.5. The van der Waals surface area contributed by atoms with Crippen LogP contribution in [0.1, 0.15) is 18.5 Å². The number of hydrogen-bond acceptors (Lipinski definition) is 4. The molecule has 0 amide bonds. The molecule has 0 bridgehead atoms. The second-order valence-corrected chi connectivity index (χ2v) is 5.27. The SMILES string of the molecule is CCOC[C@@H]1CN(Cc2ccco2)Cc2nccn2C1. The molecule has 20 heavy (non-hydrogen) atoms. The summed E-state index contributed by atoms with van der Waals surface area (Å²) in [7, 11) is 0. The Labute approximate surface area is 119 Å². The molecule has 5 heteroatoms. The Morgan fingerprint density at radius 3 is 3.20 bits per heavy atom. The third kappa shape index (κ3) is 3.11. The van der Waals surface area contributed by atoms with Crippen molar-refractivity contribution in [1.82, 2.24) is 14.5 Å². The van der Waals surface area contributed by atoms with Crippen LogP contribution in [-0.4, -0.2) is 34.2 Å². The number of fused-ring (bicyclic) bond motifs is 1. The molecule has 1 atom stereocenters. The van der Waals surface area contributed by atoms with Crippen LogP contribution >= 0.6 is 0 Å². The second-order valence-electron chi connectivity index (χ2n) is 5.27. The van der Waals surface area contributed by atoms with Crippen LogP contribution in [0.4, 0.5) is 0 Å². The minimum Gasteiger partial charge on any atom is -0.468 e. The van der Waals surface area contributed by atoms with Crippen LogP contribution in [0.3, 0.4) is 0 Å². The van der Waals surface area contributed by atoms with Crippen molar-refractivity contribution < 1.29 is 9.15 Å². The molecule has 0 spiro atoms. The third-order valence-electron chi connectivity index (χ3n) is 3.66. The van der Waals surface area contributed by atoms with Gasteiger partial charge in [-0.3, -0.25) is 4.90 Å². The number of imidazole rings is 1. The van der Waals surface area contributed by atoms with Gasteiger partial charge in [-0.25, -0.2) is 4.98 Å². The van der Waals surface area contributed by atoms with Crippen molar-refractivity contribution >= 4 is 0 Å². The van der Waals surface area contributed by atoms with Gasteiger partial charge in [-0.15, -0.1) is 0 Å². The molecule has 3 rings (SSSR count). The summed E-state index contributed by atoms with van der Waals surface area (Å²) < 4.78 is 13.3. The van der Waals surface area contributed by atoms with Gasteiger partial charge in [-0.2, -0.15) is 0 Å². The number of hydrogen-bond donors (Lipinski definition) is 0. The lowest BCUT2D eigenvalue weighted by Gasteiger charge is -2.22. The Hall–Kier alpha value is -1.59. The standard InChI is InChI=1S/C15H21N3O2/c1-2-19-12-13-8-17(10-14-4-3-7-20-14)11-15-16-5-6-18(15)9-13/h3-7,13H,2,8-12H2,1H3/t13-/m1/s1. The molecule has 2 aromatic heterocycles. The second kappa shape index (κ2) is 6.24. The summed E-state index contributed by atoms with van der Waals surface area (Å²) >= 11 is 0. The topological polar surface area (TPSA) is 43.4 Å². The lowest BCUT2D eigenvalue weighted by molar-refractivity contribution is 0.0835. The average Bonchev–Trinajstić information content (AvgIpc) is 3.06. The Kier molecular flexibility index (Phi) is 4.18. The third-order valence-corrected chi connectivity index (χ3v) is 3.66. The fraction of sp³-hybridized carbons (Fsp3) is 0.533. The lowest BCUT2D eigenvalue weighted by atomic mass is 10.1. The highest BCUT2D eigenvalue weighted by molar-refractivity contribution is 5.00. The summed E-state index contributed by atoms with van der Waals surface area (Å²) in [6.07, 6.45) is 5.67. The van der Waals surface area contributed by atoms with E-state index < -0.39 is 0 Å². The Morgan fingerprint density at radius 1 is 1.45 bits per heavy atom.